The lowest BCUT2D eigenvalue weighted by Gasteiger charge is -2.24. The van der Waals surface area contributed by atoms with Crippen molar-refractivity contribution in [2.45, 2.75) is 51.6 Å². The van der Waals surface area contributed by atoms with Crippen LogP contribution in [0.4, 0.5) is 0 Å². The number of likely N-dealkylation sites (N-methyl/N-ethyl adjacent to an activating group) is 1. The van der Waals surface area contributed by atoms with Crippen molar-refractivity contribution in [3.63, 3.8) is 0 Å². The SMILES string of the molecule is CC(C)CC(CN(C)C)NCc1cccc(C2CC2)c1. The molecule has 1 atom stereocenters. The number of benzene rings is 1. The Balaban J connectivity index is 1.88. The van der Waals surface area contributed by atoms with Crippen LogP contribution in [0, 0.1) is 5.92 Å². The molecule has 1 aromatic rings. The van der Waals surface area contributed by atoms with Crippen LogP contribution >= 0.6 is 0 Å². The molecule has 2 heteroatoms. The summed E-state index contributed by atoms with van der Waals surface area (Å²) in [6.07, 6.45) is 4.00. The summed E-state index contributed by atoms with van der Waals surface area (Å²) in [7, 11) is 4.31. The molecule has 1 N–H and O–H groups in total. The average Bonchev–Trinajstić information content (AvgIpc) is 3.19. The molecule has 1 aliphatic rings. The molecule has 0 amide bonds. The lowest BCUT2D eigenvalue weighted by Crippen LogP contribution is -2.38. The molecule has 1 fully saturated rings. The maximum atomic E-state index is 3.74. The van der Waals surface area contributed by atoms with Gasteiger partial charge in [0, 0.05) is 19.1 Å². The first kappa shape index (κ1) is 15.5. The minimum atomic E-state index is 0.578. The van der Waals surface area contributed by atoms with Gasteiger partial charge in [0.2, 0.25) is 0 Å². The van der Waals surface area contributed by atoms with Gasteiger partial charge in [0.1, 0.15) is 0 Å². The van der Waals surface area contributed by atoms with E-state index in [1.165, 1.54) is 30.4 Å². The molecule has 112 valence electrons. The smallest absolute Gasteiger partial charge is 0.0208 e. The van der Waals surface area contributed by atoms with Crippen molar-refractivity contribution in [2.75, 3.05) is 20.6 Å². The van der Waals surface area contributed by atoms with Crippen LogP contribution in [0.2, 0.25) is 0 Å². The van der Waals surface area contributed by atoms with E-state index in [0.29, 0.717) is 6.04 Å². The number of nitrogens with zero attached hydrogens (tertiary/aromatic N) is 1. The first-order valence-electron chi connectivity index (χ1n) is 8.01. The van der Waals surface area contributed by atoms with Crippen molar-refractivity contribution in [3.05, 3.63) is 35.4 Å². The second kappa shape index (κ2) is 7.24. The lowest BCUT2D eigenvalue weighted by molar-refractivity contribution is 0.305. The first-order chi connectivity index (χ1) is 9.54. The van der Waals surface area contributed by atoms with Crippen molar-refractivity contribution in [1.29, 1.82) is 0 Å². The fraction of sp³-hybridized carbons (Fsp3) is 0.667. The summed E-state index contributed by atoms with van der Waals surface area (Å²) in [6.45, 7) is 6.71. The van der Waals surface area contributed by atoms with Crippen LogP contribution in [0.3, 0.4) is 0 Å². The van der Waals surface area contributed by atoms with Gasteiger partial charge in [-0.25, -0.2) is 0 Å². The second-order valence-electron chi connectivity index (χ2n) is 6.99. The van der Waals surface area contributed by atoms with Crippen LogP contribution in [-0.4, -0.2) is 31.6 Å². The minimum Gasteiger partial charge on any atom is -0.309 e. The van der Waals surface area contributed by atoms with Gasteiger partial charge in [0.25, 0.3) is 0 Å². The van der Waals surface area contributed by atoms with E-state index in [4.69, 9.17) is 0 Å². The zero-order valence-electron chi connectivity index (χ0n) is 13.5. The molecule has 0 aliphatic heterocycles. The van der Waals surface area contributed by atoms with Crippen LogP contribution in [0.1, 0.15) is 50.2 Å². The Hall–Kier alpha value is -0.860. The molecule has 2 rings (SSSR count). The second-order valence-corrected chi connectivity index (χ2v) is 6.99. The van der Waals surface area contributed by atoms with Gasteiger partial charge < -0.3 is 10.2 Å². The third-order valence-electron chi connectivity index (χ3n) is 3.94. The molecule has 0 aromatic heterocycles. The maximum absolute atomic E-state index is 3.74. The van der Waals surface area contributed by atoms with Crippen LogP contribution in [-0.2, 0) is 6.54 Å². The summed E-state index contributed by atoms with van der Waals surface area (Å²) >= 11 is 0. The Morgan fingerprint density at radius 1 is 1.25 bits per heavy atom. The molecular weight excluding hydrogens is 244 g/mol. The van der Waals surface area contributed by atoms with Gasteiger partial charge in [0.05, 0.1) is 0 Å². The molecular formula is C18H30N2. The normalized spacial score (nSPS) is 16.9. The molecule has 0 saturated heterocycles. The van der Waals surface area contributed by atoms with E-state index in [9.17, 15) is 0 Å². The van der Waals surface area contributed by atoms with Crippen LogP contribution < -0.4 is 5.32 Å². The predicted molar refractivity (Wildman–Crippen MR) is 87.1 cm³/mol. The van der Waals surface area contributed by atoms with E-state index in [-0.39, 0.29) is 0 Å². The molecule has 1 aliphatic carbocycles. The Morgan fingerprint density at radius 3 is 2.60 bits per heavy atom. The zero-order valence-corrected chi connectivity index (χ0v) is 13.5. The standard InChI is InChI=1S/C18H30N2/c1-14(2)10-18(13-20(3)4)19-12-15-6-5-7-17(11-15)16-8-9-16/h5-7,11,14,16,18-19H,8-10,12-13H2,1-4H3. The van der Waals surface area contributed by atoms with E-state index < -0.39 is 0 Å². The largest absolute Gasteiger partial charge is 0.309 e. The summed E-state index contributed by atoms with van der Waals surface area (Å²) in [4.78, 5) is 2.28. The minimum absolute atomic E-state index is 0.578. The van der Waals surface area contributed by atoms with Crippen molar-refractivity contribution in [1.82, 2.24) is 10.2 Å². The van der Waals surface area contributed by atoms with E-state index >= 15 is 0 Å². The lowest BCUT2D eigenvalue weighted by atomic mass is 10.0. The third kappa shape index (κ3) is 5.26. The summed E-state index contributed by atoms with van der Waals surface area (Å²) in [6, 6.07) is 9.73. The molecule has 0 spiro atoms. The number of rotatable bonds is 8. The monoisotopic (exact) mass is 274 g/mol. The third-order valence-corrected chi connectivity index (χ3v) is 3.94. The average molecular weight is 274 g/mol. The van der Waals surface area contributed by atoms with Crippen molar-refractivity contribution < 1.29 is 0 Å². The van der Waals surface area contributed by atoms with Crippen LogP contribution in [0.5, 0.6) is 0 Å². The Bertz CT molecular complexity index is 398. The Labute approximate surface area is 124 Å². The number of hydrogen-bond acceptors (Lipinski definition) is 2. The Morgan fingerprint density at radius 2 is 2.00 bits per heavy atom. The van der Waals surface area contributed by atoms with Gasteiger partial charge >= 0.3 is 0 Å². The van der Waals surface area contributed by atoms with Crippen LogP contribution in [0.25, 0.3) is 0 Å². The van der Waals surface area contributed by atoms with E-state index in [2.05, 4.69) is 62.4 Å². The van der Waals surface area contributed by atoms with E-state index in [0.717, 1.165) is 24.9 Å². The van der Waals surface area contributed by atoms with E-state index in [1.807, 2.05) is 0 Å². The molecule has 0 radical (unpaired) electrons. The van der Waals surface area contributed by atoms with Gasteiger partial charge in [-0.1, -0.05) is 38.1 Å². The molecule has 0 bridgehead atoms. The number of hydrogen-bond donors (Lipinski definition) is 1. The topological polar surface area (TPSA) is 15.3 Å². The van der Waals surface area contributed by atoms with Gasteiger partial charge in [0.15, 0.2) is 0 Å². The van der Waals surface area contributed by atoms with Crippen molar-refractivity contribution >= 4 is 0 Å². The molecule has 1 unspecified atom stereocenters. The molecule has 1 aromatic carbocycles. The summed E-state index contributed by atoms with van der Waals surface area (Å²) in [5, 5.41) is 3.74. The van der Waals surface area contributed by atoms with E-state index in [1.54, 1.807) is 0 Å². The van der Waals surface area contributed by atoms with Gasteiger partial charge in [-0.3, -0.25) is 0 Å². The fourth-order valence-corrected chi connectivity index (χ4v) is 2.87. The fourth-order valence-electron chi connectivity index (χ4n) is 2.87. The van der Waals surface area contributed by atoms with Gasteiger partial charge in [-0.2, -0.15) is 0 Å². The summed E-state index contributed by atoms with van der Waals surface area (Å²) in [5.41, 5.74) is 2.97. The molecule has 2 nitrogen and oxygen atoms in total. The first-order valence-corrected chi connectivity index (χ1v) is 8.01. The summed E-state index contributed by atoms with van der Waals surface area (Å²) in [5.74, 6) is 1.59. The highest BCUT2D eigenvalue weighted by Crippen LogP contribution is 2.40. The summed E-state index contributed by atoms with van der Waals surface area (Å²) < 4.78 is 0. The highest BCUT2D eigenvalue weighted by Gasteiger charge is 2.23. The molecule has 20 heavy (non-hydrogen) atoms. The van der Waals surface area contributed by atoms with Gasteiger partial charge in [-0.05, 0) is 56.3 Å². The van der Waals surface area contributed by atoms with Crippen molar-refractivity contribution in [2.24, 2.45) is 5.92 Å². The highest BCUT2D eigenvalue weighted by molar-refractivity contribution is 5.29. The number of nitrogens with one attached hydrogen (secondary N) is 1. The molecule has 1 saturated carbocycles. The predicted octanol–water partition coefficient (Wildman–Crippen LogP) is 3.63. The maximum Gasteiger partial charge on any atom is 0.0208 e. The van der Waals surface area contributed by atoms with Crippen molar-refractivity contribution in [3.8, 4) is 0 Å². The highest BCUT2D eigenvalue weighted by atomic mass is 15.1. The Kier molecular flexibility index (Phi) is 5.62. The zero-order chi connectivity index (χ0) is 14.5. The molecule has 0 heterocycles. The van der Waals surface area contributed by atoms with Gasteiger partial charge in [-0.15, -0.1) is 0 Å². The quantitative estimate of drug-likeness (QED) is 0.779. The van der Waals surface area contributed by atoms with Crippen LogP contribution in [0.15, 0.2) is 24.3 Å².